The Balaban J connectivity index is 1.71. The van der Waals surface area contributed by atoms with E-state index in [1.54, 1.807) is 0 Å². The molecule has 3 heteroatoms. The van der Waals surface area contributed by atoms with E-state index in [0.29, 0.717) is 0 Å². The summed E-state index contributed by atoms with van der Waals surface area (Å²) in [4.78, 5) is 6.53. The molecule has 1 aliphatic rings. The Morgan fingerprint density at radius 2 is 2.18 bits per heavy atom. The van der Waals surface area contributed by atoms with Gasteiger partial charge in [-0.05, 0) is 63.9 Å². The Morgan fingerprint density at radius 1 is 1.41 bits per heavy atom. The van der Waals surface area contributed by atoms with E-state index >= 15 is 0 Å². The quantitative estimate of drug-likeness (QED) is 0.866. The van der Waals surface area contributed by atoms with Crippen molar-refractivity contribution in [2.45, 2.75) is 26.2 Å². The van der Waals surface area contributed by atoms with Crippen molar-refractivity contribution in [3.63, 3.8) is 0 Å². The first-order chi connectivity index (χ1) is 8.25. The van der Waals surface area contributed by atoms with Gasteiger partial charge >= 0.3 is 0 Å². The number of anilines is 1. The van der Waals surface area contributed by atoms with E-state index < -0.39 is 0 Å². The number of rotatable bonds is 4. The monoisotopic (exact) mass is 233 g/mol. The van der Waals surface area contributed by atoms with Gasteiger partial charge in [0, 0.05) is 24.6 Å². The highest BCUT2D eigenvalue weighted by molar-refractivity contribution is 5.48. The lowest BCUT2D eigenvalue weighted by Crippen LogP contribution is -2.30. The Bertz CT molecular complexity index is 343. The molecule has 94 valence electrons. The van der Waals surface area contributed by atoms with Crippen LogP contribution in [0.2, 0.25) is 0 Å². The SMILES string of the molecule is Cc1cnccc1NCCC1CCN(C)CC1. The molecular weight excluding hydrogens is 210 g/mol. The molecule has 0 bridgehead atoms. The van der Waals surface area contributed by atoms with Gasteiger partial charge in [-0.15, -0.1) is 0 Å². The maximum atomic E-state index is 4.11. The number of aryl methyl sites for hydroxylation is 1. The molecule has 0 unspecified atom stereocenters. The van der Waals surface area contributed by atoms with Crippen LogP contribution in [0.15, 0.2) is 18.5 Å². The van der Waals surface area contributed by atoms with Crippen molar-refractivity contribution in [1.29, 1.82) is 0 Å². The van der Waals surface area contributed by atoms with Crippen molar-refractivity contribution in [3.8, 4) is 0 Å². The van der Waals surface area contributed by atoms with E-state index in [4.69, 9.17) is 0 Å². The van der Waals surface area contributed by atoms with Crippen LogP contribution in [-0.2, 0) is 0 Å². The zero-order valence-electron chi connectivity index (χ0n) is 10.9. The lowest BCUT2D eigenvalue weighted by molar-refractivity contribution is 0.215. The molecule has 0 aromatic carbocycles. The summed E-state index contributed by atoms with van der Waals surface area (Å²) < 4.78 is 0. The second kappa shape index (κ2) is 6.01. The first kappa shape index (κ1) is 12.4. The Morgan fingerprint density at radius 3 is 2.88 bits per heavy atom. The van der Waals surface area contributed by atoms with Gasteiger partial charge in [0.25, 0.3) is 0 Å². The fourth-order valence-electron chi connectivity index (χ4n) is 2.43. The van der Waals surface area contributed by atoms with Gasteiger partial charge in [0.05, 0.1) is 0 Å². The van der Waals surface area contributed by atoms with Crippen LogP contribution in [-0.4, -0.2) is 36.6 Å². The molecule has 3 nitrogen and oxygen atoms in total. The molecule has 1 saturated heterocycles. The van der Waals surface area contributed by atoms with Crippen molar-refractivity contribution in [3.05, 3.63) is 24.0 Å². The van der Waals surface area contributed by atoms with E-state index in [-0.39, 0.29) is 0 Å². The molecule has 1 aromatic rings. The van der Waals surface area contributed by atoms with Crippen molar-refractivity contribution in [2.24, 2.45) is 5.92 Å². The standard InChI is InChI=1S/C14H23N3/c1-12-11-15-7-4-14(12)16-8-3-13-5-9-17(2)10-6-13/h4,7,11,13H,3,5-6,8-10H2,1-2H3,(H,15,16). The molecule has 1 aliphatic heterocycles. The van der Waals surface area contributed by atoms with Crippen LogP contribution in [0, 0.1) is 12.8 Å². The van der Waals surface area contributed by atoms with E-state index in [0.717, 1.165) is 12.5 Å². The van der Waals surface area contributed by atoms with Crippen LogP contribution in [0.5, 0.6) is 0 Å². The zero-order chi connectivity index (χ0) is 12.1. The smallest absolute Gasteiger partial charge is 0.0400 e. The highest BCUT2D eigenvalue weighted by atomic mass is 15.1. The highest BCUT2D eigenvalue weighted by Gasteiger charge is 2.15. The van der Waals surface area contributed by atoms with E-state index in [1.165, 1.54) is 43.6 Å². The lowest BCUT2D eigenvalue weighted by Gasteiger charge is -2.29. The third kappa shape index (κ3) is 3.70. The number of hydrogen-bond acceptors (Lipinski definition) is 3. The number of nitrogens with one attached hydrogen (secondary N) is 1. The minimum absolute atomic E-state index is 0.904. The first-order valence-corrected chi connectivity index (χ1v) is 6.59. The van der Waals surface area contributed by atoms with Crippen LogP contribution < -0.4 is 5.32 Å². The second-order valence-electron chi connectivity index (χ2n) is 5.15. The second-order valence-corrected chi connectivity index (χ2v) is 5.15. The molecule has 0 aliphatic carbocycles. The minimum Gasteiger partial charge on any atom is -0.385 e. The fraction of sp³-hybridized carbons (Fsp3) is 0.643. The van der Waals surface area contributed by atoms with Crippen molar-refractivity contribution >= 4 is 5.69 Å². The van der Waals surface area contributed by atoms with Crippen LogP contribution >= 0.6 is 0 Å². The molecular formula is C14H23N3. The predicted molar refractivity (Wildman–Crippen MR) is 72.3 cm³/mol. The van der Waals surface area contributed by atoms with Crippen molar-refractivity contribution < 1.29 is 0 Å². The maximum absolute atomic E-state index is 4.11. The third-order valence-corrected chi connectivity index (χ3v) is 3.73. The lowest BCUT2D eigenvalue weighted by atomic mass is 9.94. The van der Waals surface area contributed by atoms with Gasteiger partial charge in [0.1, 0.15) is 0 Å². The number of likely N-dealkylation sites (tertiary alicyclic amines) is 1. The van der Waals surface area contributed by atoms with Gasteiger partial charge in [-0.25, -0.2) is 0 Å². The van der Waals surface area contributed by atoms with Crippen molar-refractivity contribution in [2.75, 3.05) is 32.0 Å². The summed E-state index contributed by atoms with van der Waals surface area (Å²) in [5.41, 5.74) is 2.46. The topological polar surface area (TPSA) is 28.2 Å². The molecule has 1 aromatic heterocycles. The fourth-order valence-corrected chi connectivity index (χ4v) is 2.43. The number of nitrogens with zero attached hydrogens (tertiary/aromatic N) is 2. The molecule has 2 rings (SSSR count). The molecule has 0 atom stereocenters. The highest BCUT2D eigenvalue weighted by Crippen LogP contribution is 2.20. The van der Waals surface area contributed by atoms with Gasteiger partial charge < -0.3 is 10.2 Å². The summed E-state index contributed by atoms with van der Waals surface area (Å²) in [6.45, 7) is 5.71. The first-order valence-electron chi connectivity index (χ1n) is 6.59. The number of aromatic nitrogens is 1. The zero-order valence-corrected chi connectivity index (χ0v) is 10.9. The Kier molecular flexibility index (Phi) is 4.37. The average Bonchev–Trinajstić information content (AvgIpc) is 2.34. The van der Waals surface area contributed by atoms with Crippen LogP contribution in [0.4, 0.5) is 5.69 Å². The van der Waals surface area contributed by atoms with Gasteiger partial charge in [-0.2, -0.15) is 0 Å². The predicted octanol–water partition coefficient (Wildman–Crippen LogP) is 2.53. The number of pyridine rings is 1. The molecule has 0 amide bonds. The average molecular weight is 233 g/mol. The molecule has 17 heavy (non-hydrogen) atoms. The summed E-state index contributed by atoms with van der Waals surface area (Å²) in [6.07, 6.45) is 7.76. The van der Waals surface area contributed by atoms with Crippen LogP contribution in [0.25, 0.3) is 0 Å². The van der Waals surface area contributed by atoms with Crippen LogP contribution in [0.1, 0.15) is 24.8 Å². The van der Waals surface area contributed by atoms with Gasteiger partial charge in [0.15, 0.2) is 0 Å². The van der Waals surface area contributed by atoms with Gasteiger partial charge in [-0.3, -0.25) is 4.98 Å². The van der Waals surface area contributed by atoms with E-state index in [9.17, 15) is 0 Å². The van der Waals surface area contributed by atoms with Crippen LogP contribution in [0.3, 0.4) is 0 Å². The van der Waals surface area contributed by atoms with Crippen molar-refractivity contribution in [1.82, 2.24) is 9.88 Å². The molecule has 0 radical (unpaired) electrons. The summed E-state index contributed by atoms with van der Waals surface area (Å²) in [5.74, 6) is 0.904. The maximum Gasteiger partial charge on any atom is 0.0400 e. The minimum atomic E-state index is 0.904. The summed E-state index contributed by atoms with van der Waals surface area (Å²) >= 11 is 0. The number of piperidine rings is 1. The Labute approximate surface area is 104 Å². The molecule has 1 fully saturated rings. The number of hydrogen-bond donors (Lipinski definition) is 1. The molecule has 1 N–H and O–H groups in total. The summed E-state index contributed by atoms with van der Waals surface area (Å²) in [7, 11) is 2.22. The Hall–Kier alpha value is -1.09. The van der Waals surface area contributed by atoms with Gasteiger partial charge in [-0.1, -0.05) is 0 Å². The summed E-state index contributed by atoms with van der Waals surface area (Å²) in [6, 6.07) is 2.06. The van der Waals surface area contributed by atoms with E-state index in [1.807, 2.05) is 12.4 Å². The molecule has 2 heterocycles. The molecule has 0 spiro atoms. The third-order valence-electron chi connectivity index (χ3n) is 3.73. The van der Waals surface area contributed by atoms with E-state index in [2.05, 4.69) is 35.2 Å². The van der Waals surface area contributed by atoms with Gasteiger partial charge in [0.2, 0.25) is 0 Å². The normalized spacial score (nSPS) is 18.2. The molecule has 0 saturated carbocycles. The largest absolute Gasteiger partial charge is 0.385 e. The summed E-state index contributed by atoms with van der Waals surface area (Å²) in [5, 5.41) is 3.52.